The van der Waals surface area contributed by atoms with Gasteiger partial charge in [-0.15, -0.1) is 12.4 Å². The molecule has 1 fully saturated rings. The van der Waals surface area contributed by atoms with Gasteiger partial charge in [0.05, 0.1) is 0 Å². The van der Waals surface area contributed by atoms with Gasteiger partial charge >= 0.3 is 0 Å². The van der Waals surface area contributed by atoms with Crippen LogP contribution in [0.4, 0.5) is 0 Å². The van der Waals surface area contributed by atoms with Crippen LogP contribution in [0, 0.1) is 0 Å². The molecule has 0 saturated carbocycles. The molecule has 0 aromatic carbocycles. The van der Waals surface area contributed by atoms with E-state index in [0.29, 0.717) is 6.61 Å². The minimum Gasteiger partial charge on any atom is -0.385 e. The molecule has 0 spiro atoms. The van der Waals surface area contributed by atoms with Crippen molar-refractivity contribution in [1.29, 1.82) is 0 Å². The number of hydrogen-bond donors (Lipinski definition) is 2. The van der Waals surface area contributed by atoms with Gasteiger partial charge in [-0.2, -0.15) is 0 Å². The lowest BCUT2D eigenvalue weighted by Gasteiger charge is -2.35. The van der Waals surface area contributed by atoms with E-state index in [1.54, 1.807) is 14.2 Å². The third-order valence-electron chi connectivity index (χ3n) is 3.35. The maximum Gasteiger partial charge on any atom is 0.252 e. The minimum absolute atomic E-state index is 0. The highest BCUT2D eigenvalue weighted by Crippen LogP contribution is 2.22. The average molecular weight is 281 g/mol. The molecular weight excluding hydrogens is 256 g/mol. The Bertz CT molecular complexity index is 245. The maximum absolute atomic E-state index is 12.2. The van der Waals surface area contributed by atoms with Crippen molar-refractivity contribution in [2.45, 2.75) is 37.8 Å². The molecule has 0 aromatic heterocycles. The number of hydrogen-bond acceptors (Lipinski definition) is 4. The summed E-state index contributed by atoms with van der Waals surface area (Å²) >= 11 is 0. The number of methoxy groups -OCH3 is 2. The molecule has 108 valence electrons. The Morgan fingerprint density at radius 3 is 2.50 bits per heavy atom. The molecule has 1 saturated heterocycles. The first-order valence-electron chi connectivity index (χ1n) is 6.20. The predicted octanol–water partition coefficient (Wildman–Crippen LogP) is 0.718. The van der Waals surface area contributed by atoms with Crippen LogP contribution in [-0.4, -0.2) is 51.5 Å². The second kappa shape index (κ2) is 8.69. The predicted molar refractivity (Wildman–Crippen MR) is 73.2 cm³/mol. The van der Waals surface area contributed by atoms with Gasteiger partial charge in [0, 0.05) is 26.9 Å². The summed E-state index contributed by atoms with van der Waals surface area (Å²) in [7, 11) is 3.28. The molecule has 1 aliphatic rings. The molecule has 2 N–H and O–H groups in total. The molecule has 6 heteroatoms. The SMILES string of the molecule is COCCC(C)NC(=O)C1(OC)CCNCC1.Cl. The van der Waals surface area contributed by atoms with Crippen molar-refractivity contribution in [3.63, 3.8) is 0 Å². The highest BCUT2D eigenvalue weighted by atomic mass is 35.5. The summed E-state index contributed by atoms with van der Waals surface area (Å²) in [6.07, 6.45) is 2.28. The van der Waals surface area contributed by atoms with E-state index in [0.717, 1.165) is 32.4 Å². The van der Waals surface area contributed by atoms with Gasteiger partial charge < -0.3 is 20.1 Å². The standard InChI is InChI=1S/C12H24N2O3.ClH/c1-10(4-9-16-2)14-11(15)12(17-3)5-7-13-8-6-12;/h10,13H,4-9H2,1-3H3,(H,14,15);1H. The van der Waals surface area contributed by atoms with Crippen LogP contribution in [-0.2, 0) is 14.3 Å². The zero-order valence-corrected chi connectivity index (χ0v) is 12.3. The Morgan fingerprint density at radius 2 is 2.00 bits per heavy atom. The van der Waals surface area contributed by atoms with Gasteiger partial charge in [0.1, 0.15) is 5.60 Å². The van der Waals surface area contributed by atoms with Crippen molar-refractivity contribution in [1.82, 2.24) is 10.6 Å². The van der Waals surface area contributed by atoms with Crippen LogP contribution >= 0.6 is 12.4 Å². The Labute approximate surface area is 115 Å². The number of rotatable bonds is 6. The maximum atomic E-state index is 12.2. The number of ether oxygens (including phenoxy) is 2. The molecule has 1 unspecified atom stereocenters. The average Bonchev–Trinajstić information content (AvgIpc) is 2.37. The van der Waals surface area contributed by atoms with E-state index in [1.807, 2.05) is 6.92 Å². The molecule has 0 bridgehead atoms. The van der Waals surface area contributed by atoms with Crippen LogP contribution in [0.2, 0.25) is 0 Å². The third-order valence-corrected chi connectivity index (χ3v) is 3.35. The molecule has 18 heavy (non-hydrogen) atoms. The van der Waals surface area contributed by atoms with Gasteiger partial charge in [-0.3, -0.25) is 4.79 Å². The van der Waals surface area contributed by atoms with E-state index in [9.17, 15) is 4.79 Å². The summed E-state index contributed by atoms with van der Waals surface area (Å²) in [6.45, 7) is 4.30. The summed E-state index contributed by atoms with van der Waals surface area (Å²) < 4.78 is 10.5. The number of carbonyl (C=O) groups excluding carboxylic acids is 1. The van der Waals surface area contributed by atoms with Crippen molar-refractivity contribution in [2.75, 3.05) is 33.9 Å². The lowest BCUT2D eigenvalue weighted by atomic mass is 9.90. The number of amides is 1. The molecule has 0 aliphatic carbocycles. The van der Waals surface area contributed by atoms with Crippen LogP contribution in [0.15, 0.2) is 0 Å². The first kappa shape index (κ1) is 17.6. The second-order valence-electron chi connectivity index (χ2n) is 4.60. The molecule has 1 rings (SSSR count). The molecule has 0 radical (unpaired) electrons. The van der Waals surface area contributed by atoms with Crippen molar-refractivity contribution >= 4 is 18.3 Å². The first-order valence-corrected chi connectivity index (χ1v) is 6.20. The van der Waals surface area contributed by atoms with Gasteiger partial charge in [-0.1, -0.05) is 0 Å². The van der Waals surface area contributed by atoms with Gasteiger partial charge in [-0.25, -0.2) is 0 Å². The summed E-state index contributed by atoms with van der Waals surface area (Å²) in [5.41, 5.74) is -0.646. The molecule has 1 atom stereocenters. The largest absolute Gasteiger partial charge is 0.385 e. The highest BCUT2D eigenvalue weighted by Gasteiger charge is 2.39. The fraction of sp³-hybridized carbons (Fsp3) is 0.917. The molecule has 1 aliphatic heterocycles. The summed E-state index contributed by atoms with van der Waals surface area (Å²) in [6, 6.07) is 0.115. The van der Waals surface area contributed by atoms with Gasteiger partial charge in [0.2, 0.25) is 0 Å². The second-order valence-corrected chi connectivity index (χ2v) is 4.60. The monoisotopic (exact) mass is 280 g/mol. The number of piperidine rings is 1. The van der Waals surface area contributed by atoms with Gasteiger partial charge in [0.25, 0.3) is 5.91 Å². The van der Waals surface area contributed by atoms with Crippen LogP contribution in [0.3, 0.4) is 0 Å². The lowest BCUT2D eigenvalue weighted by Crippen LogP contribution is -2.55. The topological polar surface area (TPSA) is 59.6 Å². The zero-order valence-electron chi connectivity index (χ0n) is 11.5. The number of halogens is 1. The van der Waals surface area contributed by atoms with E-state index in [1.165, 1.54) is 0 Å². The first-order chi connectivity index (χ1) is 8.14. The van der Waals surface area contributed by atoms with Crippen molar-refractivity contribution in [3.05, 3.63) is 0 Å². The molecular formula is C12H25ClN2O3. The molecule has 1 heterocycles. The van der Waals surface area contributed by atoms with Crippen LogP contribution in [0.5, 0.6) is 0 Å². The smallest absolute Gasteiger partial charge is 0.252 e. The fourth-order valence-electron chi connectivity index (χ4n) is 2.08. The Hall–Kier alpha value is -0.360. The molecule has 5 nitrogen and oxygen atoms in total. The normalized spacial score (nSPS) is 19.7. The fourth-order valence-corrected chi connectivity index (χ4v) is 2.08. The highest BCUT2D eigenvalue weighted by molar-refractivity contribution is 5.85. The molecule has 1 amide bonds. The summed E-state index contributed by atoms with van der Waals surface area (Å²) in [5, 5.41) is 6.24. The number of carbonyl (C=O) groups is 1. The van der Waals surface area contributed by atoms with Gasteiger partial charge in [-0.05, 0) is 39.3 Å². The van der Waals surface area contributed by atoms with E-state index in [4.69, 9.17) is 9.47 Å². The van der Waals surface area contributed by atoms with Crippen molar-refractivity contribution in [2.24, 2.45) is 0 Å². The Morgan fingerprint density at radius 1 is 1.39 bits per heavy atom. The van der Waals surface area contributed by atoms with Crippen LogP contribution in [0.1, 0.15) is 26.2 Å². The molecule has 0 aromatic rings. The van der Waals surface area contributed by atoms with Gasteiger partial charge in [0.15, 0.2) is 0 Å². The Balaban J connectivity index is 0.00000289. The Kier molecular flexibility index (Phi) is 8.52. The minimum atomic E-state index is -0.646. The summed E-state index contributed by atoms with van der Waals surface area (Å²) in [5.74, 6) is 0.00473. The quantitative estimate of drug-likeness (QED) is 0.753. The number of nitrogens with one attached hydrogen (secondary N) is 2. The van der Waals surface area contributed by atoms with E-state index in [2.05, 4.69) is 10.6 Å². The third kappa shape index (κ3) is 4.72. The van der Waals surface area contributed by atoms with E-state index in [-0.39, 0.29) is 24.4 Å². The zero-order chi connectivity index (χ0) is 12.7. The van der Waals surface area contributed by atoms with Crippen molar-refractivity contribution < 1.29 is 14.3 Å². The van der Waals surface area contributed by atoms with E-state index >= 15 is 0 Å². The lowest BCUT2D eigenvalue weighted by molar-refractivity contribution is -0.147. The van der Waals surface area contributed by atoms with Crippen molar-refractivity contribution in [3.8, 4) is 0 Å². The van der Waals surface area contributed by atoms with Crippen LogP contribution in [0.25, 0.3) is 0 Å². The van der Waals surface area contributed by atoms with Crippen LogP contribution < -0.4 is 10.6 Å². The summed E-state index contributed by atoms with van der Waals surface area (Å²) in [4.78, 5) is 12.2. The van der Waals surface area contributed by atoms with E-state index < -0.39 is 5.60 Å².